The standard InChI is InChI=1S/C17H20BrFN4S/c18-15-10-13(19)5-4-12(15)11-24-17-21-20-16(23(17)14-6-7-14)22-8-2-1-3-9-22/h4-5,10,14H,1-3,6-9,11H2. The number of nitrogens with zero attached hydrogens (tertiary/aromatic N) is 4. The zero-order chi connectivity index (χ0) is 16.5. The molecule has 2 aliphatic rings. The van der Waals surface area contributed by atoms with Crippen LogP contribution in [0.25, 0.3) is 0 Å². The largest absolute Gasteiger partial charge is 0.341 e. The molecule has 1 aromatic heterocycles. The summed E-state index contributed by atoms with van der Waals surface area (Å²) >= 11 is 5.13. The van der Waals surface area contributed by atoms with Gasteiger partial charge in [0.2, 0.25) is 5.95 Å². The maximum atomic E-state index is 13.2. The summed E-state index contributed by atoms with van der Waals surface area (Å²) in [6.45, 7) is 2.16. The minimum atomic E-state index is -0.218. The molecule has 0 atom stereocenters. The Hall–Kier alpha value is -1.08. The smallest absolute Gasteiger partial charge is 0.228 e. The van der Waals surface area contributed by atoms with E-state index in [-0.39, 0.29) is 5.82 Å². The van der Waals surface area contributed by atoms with Crippen LogP contribution < -0.4 is 4.90 Å². The zero-order valence-electron chi connectivity index (χ0n) is 13.4. The highest BCUT2D eigenvalue weighted by Crippen LogP contribution is 2.42. The quantitative estimate of drug-likeness (QED) is 0.663. The number of benzene rings is 1. The topological polar surface area (TPSA) is 34.0 Å². The molecule has 2 aromatic rings. The van der Waals surface area contributed by atoms with Gasteiger partial charge < -0.3 is 4.90 Å². The molecule has 1 saturated heterocycles. The zero-order valence-corrected chi connectivity index (χ0v) is 15.8. The Bertz CT molecular complexity index is 725. The first-order chi connectivity index (χ1) is 11.7. The molecule has 1 aliphatic carbocycles. The number of aromatic nitrogens is 3. The van der Waals surface area contributed by atoms with E-state index in [0.29, 0.717) is 6.04 Å². The van der Waals surface area contributed by atoms with Gasteiger partial charge in [-0.05, 0) is 49.8 Å². The molecule has 0 N–H and O–H groups in total. The van der Waals surface area contributed by atoms with Crippen molar-refractivity contribution in [1.82, 2.24) is 14.8 Å². The molecule has 0 bridgehead atoms. The van der Waals surface area contributed by atoms with Crippen molar-refractivity contribution in [2.75, 3.05) is 18.0 Å². The lowest BCUT2D eigenvalue weighted by Gasteiger charge is -2.27. The molecule has 4 nitrogen and oxygen atoms in total. The number of hydrogen-bond donors (Lipinski definition) is 0. The fourth-order valence-electron chi connectivity index (χ4n) is 3.11. The fourth-order valence-corrected chi connectivity index (χ4v) is 4.79. The van der Waals surface area contributed by atoms with Gasteiger partial charge in [0.15, 0.2) is 5.16 Å². The lowest BCUT2D eigenvalue weighted by Crippen LogP contribution is -2.31. The van der Waals surface area contributed by atoms with Crippen LogP contribution in [0, 0.1) is 5.82 Å². The van der Waals surface area contributed by atoms with Gasteiger partial charge in [-0.2, -0.15) is 0 Å². The first kappa shape index (κ1) is 16.4. The molecule has 0 spiro atoms. The monoisotopic (exact) mass is 410 g/mol. The van der Waals surface area contributed by atoms with Crippen LogP contribution in [-0.4, -0.2) is 27.9 Å². The average Bonchev–Trinajstić information content (AvgIpc) is 3.34. The second-order valence-electron chi connectivity index (χ2n) is 6.46. The van der Waals surface area contributed by atoms with E-state index in [2.05, 4.69) is 35.6 Å². The van der Waals surface area contributed by atoms with Gasteiger partial charge in [-0.25, -0.2) is 4.39 Å². The van der Waals surface area contributed by atoms with Gasteiger partial charge in [0.25, 0.3) is 0 Å². The van der Waals surface area contributed by atoms with E-state index in [1.165, 1.54) is 44.2 Å². The Morgan fingerprint density at radius 3 is 2.67 bits per heavy atom. The number of halogens is 2. The summed E-state index contributed by atoms with van der Waals surface area (Å²) in [5.41, 5.74) is 1.08. The van der Waals surface area contributed by atoms with E-state index in [9.17, 15) is 4.39 Å². The Balaban J connectivity index is 1.53. The molecule has 1 saturated carbocycles. The van der Waals surface area contributed by atoms with Gasteiger partial charge in [0.05, 0.1) is 0 Å². The normalized spacial score (nSPS) is 18.2. The van der Waals surface area contributed by atoms with Gasteiger partial charge in [-0.3, -0.25) is 4.57 Å². The first-order valence-corrected chi connectivity index (χ1v) is 10.3. The number of anilines is 1. The van der Waals surface area contributed by atoms with Crippen LogP contribution >= 0.6 is 27.7 Å². The molecule has 128 valence electrons. The summed E-state index contributed by atoms with van der Waals surface area (Å²) < 4.78 is 16.4. The van der Waals surface area contributed by atoms with Crippen LogP contribution in [0.4, 0.5) is 10.3 Å². The Labute approximate surface area is 154 Å². The van der Waals surface area contributed by atoms with Crippen LogP contribution in [-0.2, 0) is 5.75 Å². The van der Waals surface area contributed by atoms with Crippen LogP contribution in [0.3, 0.4) is 0 Å². The van der Waals surface area contributed by atoms with Crippen molar-refractivity contribution < 1.29 is 4.39 Å². The Morgan fingerprint density at radius 2 is 1.96 bits per heavy atom. The number of thioether (sulfide) groups is 1. The molecular weight excluding hydrogens is 391 g/mol. The molecule has 2 heterocycles. The van der Waals surface area contributed by atoms with E-state index in [4.69, 9.17) is 0 Å². The third-order valence-electron chi connectivity index (χ3n) is 4.57. The van der Waals surface area contributed by atoms with Crippen molar-refractivity contribution >= 4 is 33.6 Å². The van der Waals surface area contributed by atoms with E-state index in [0.717, 1.165) is 40.0 Å². The van der Waals surface area contributed by atoms with Gasteiger partial charge in [-0.15, -0.1) is 10.2 Å². The Morgan fingerprint density at radius 1 is 1.17 bits per heavy atom. The van der Waals surface area contributed by atoms with Crippen LogP contribution in [0.1, 0.15) is 43.7 Å². The summed E-state index contributed by atoms with van der Waals surface area (Å²) in [6, 6.07) is 5.40. The van der Waals surface area contributed by atoms with Gasteiger partial charge >= 0.3 is 0 Å². The van der Waals surface area contributed by atoms with E-state index in [1.807, 2.05) is 6.07 Å². The second-order valence-corrected chi connectivity index (χ2v) is 8.25. The van der Waals surface area contributed by atoms with E-state index < -0.39 is 0 Å². The molecule has 1 aromatic carbocycles. The van der Waals surface area contributed by atoms with Crippen LogP contribution in [0.15, 0.2) is 27.8 Å². The maximum absolute atomic E-state index is 13.2. The third kappa shape index (κ3) is 3.47. The molecule has 1 aliphatic heterocycles. The van der Waals surface area contributed by atoms with Crippen molar-refractivity contribution in [2.24, 2.45) is 0 Å². The second kappa shape index (κ2) is 7.04. The summed E-state index contributed by atoms with van der Waals surface area (Å²) in [6.07, 6.45) is 6.22. The lowest BCUT2D eigenvalue weighted by atomic mass is 10.1. The molecule has 24 heavy (non-hydrogen) atoms. The number of hydrogen-bond acceptors (Lipinski definition) is 4. The van der Waals surface area contributed by atoms with Crippen LogP contribution in [0.5, 0.6) is 0 Å². The highest BCUT2D eigenvalue weighted by atomic mass is 79.9. The van der Waals surface area contributed by atoms with Gasteiger partial charge in [0.1, 0.15) is 5.82 Å². The Kier molecular flexibility index (Phi) is 4.81. The minimum Gasteiger partial charge on any atom is -0.341 e. The SMILES string of the molecule is Fc1ccc(CSc2nnc(N3CCCCC3)n2C2CC2)c(Br)c1. The van der Waals surface area contributed by atoms with Crippen molar-refractivity contribution in [3.63, 3.8) is 0 Å². The maximum Gasteiger partial charge on any atom is 0.228 e. The van der Waals surface area contributed by atoms with Crippen molar-refractivity contribution in [3.8, 4) is 0 Å². The van der Waals surface area contributed by atoms with E-state index >= 15 is 0 Å². The molecule has 2 fully saturated rings. The van der Waals surface area contributed by atoms with Crippen molar-refractivity contribution in [1.29, 1.82) is 0 Å². The van der Waals surface area contributed by atoms with Crippen molar-refractivity contribution in [3.05, 3.63) is 34.1 Å². The molecule has 0 radical (unpaired) electrons. The summed E-state index contributed by atoms with van der Waals surface area (Å²) in [5.74, 6) is 1.58. The molecule has 0 unspecified atom stereocenters. The number of piperidine rings is 1. The number of rotatable bonds is 5. The van der Waals surface area contributed by atoms with E-state index in [1.54, 1.807) is 11.8 Å². The molecule has 4 rings (SSSR count). The van der Waals surface area contributed by atoms with Gasteiger partial charge in [-0.1, -0.05) is 33.8 Å². The summed E-state index contributed by atoms with van der Waals surface area (Å²) in [5, 5.41) is 9.94. The highest BCUT2D eigenvalue weighted by Gasteiger charge is 2.32. The molecule has 7 heteroatoms. The predicted molar refractivity (Wildman–Crippen MR) is 98.0 cm³/mol. The minimum absolute atomic E-state index is 0.218. The van der Waals surface area contributed by atoms with Crippen LogP contribution in [0.2, 0.25) is 0 Å². The molecular formula is C17H20BrFN4S. The highest BCUT2D eigenvalue weighted by molar-refractivity contribution is 9.10. The fraction of sp³-hybridized carbons (Fsp3) is 0.529. The van der Waals surface area contributed by atoms with Gasteiger partial charge in [0, 0.05) is 29.4 Å². The first-order valence-electron chi connectivity index (χ1n) is 8.49. The molecule has 0 amide bonds. The summed E-state index contributed by atoms with van der Waals surface area (Å²) in [7, 11) is 0. The summed E-state index contributed by atoms with van der Waals surface area (Å²) in [4.78, 5) is 2.38. The predicted octanol–water partition coefficient (Wildman–Crippen LogP) is 4.80. The third-order valence-corrected chi connectivity index (χ3v) is 6.30. The lowest BCUT2D eigenvalue weighted by molar-refractivity contribution is 0.548. The van der Waals surface area contributed by atoms with Crippen molar-refractivity contribution in [2.45, 2.75) is 49.1 Å². The average molecular weight is 411 g/mol.